The van der Waals surface area contributed by atoms with Crippen molar-refractivity contribution in [1.82, 2.24) is 0 Å². The number of benzene rings is 1. The second-order valence-corrected chi connectivity index (χ2v) is 4.12. The minimum Gasteiger partial charge on any atom is -0.496 e. The van der Waals surface area contributed by atoms with E-state index in [1.54, 1.807) is 13.2 Å². The van der Waals surface area contributed by atoms with Gasteiger partial charge in [0.25, 0.3) is 0 Å². The molecule has 0 radical (unpaired) electrons. The third-order valence-corrected chi connectivity index (χ3v) is 2.59. The molecule has 0 amide bonds. The summed E-state index contributed by atoms with van der Waals surface area (Å²) >= 11 is 0. The van der Waals surface area contributed by atoms with Crippen molar-refractivity contribution in [3.05, 3.63) is 29.3 Å². The highest BCUT2D eigenvalue weighted by Crippen LogP contribution is 2.22. The van der Waals surface area contributed by atoms with E-state index in [0.717, 1.165) is 11.1 Å². The number of methoxy groups -OCH3 is 1. The van der Waals surface area contributed by atoms with Gasteiger partial charge in [-0.15, -0.1) is 0 Å². The van der Waals surface area contributed by atoms with Gasteiger partial charge in [0.2, 0.25) is 0 Å². The minimum atomic E-state index is -4.12. The van der Waals surface area contributed by atoms with E-state index in [1.165, 1.54) is 0 Å². The number of alkyl halides is 3. The van der Waals surface area contributed by atoms with Crippen molar-refractivity contribution in [3.8, 4) is 5.75 Å². The normalized spacial score (nSPS) is 11.6. The number of hydrogen-bond acceptors (Lipinski definition) is 3. The first-order valence-electron chi connectivity index (χ1n) is 5.96. The predicted octanol–water partition coefficient (Wildman–Crippen LogP) is 3.01. The molecule has 0 aliphatic heterocycles. The Labute approximate surface area is 110 Å². The van der Waals surface area contributed by atoms with Crippen LogP contribution in [0.3, 0.4) is 0 Å². The van der Waals surface area contributed by atoms with Gasteiger partial charge in [0, 0.05) is 25.1 Å². The maximum atomic E-state index is 11.9. The highest BCUT2D eigenvalue weighted by molar-refractivity contribution is 5.37. The number of halogens is 3. The van der Waals surface area contributed by atoms with E-state index in [-0.39, 0.29) is 19.6 Å². The lowest BCUT2D eigenvalue weighted by atomic mass is 10.1. The van der Waals surface area contributed by atoms with E-state index in [2.05, 4.69) is 0 Å². The molecule has 0 aliphatic carbocycles. The molecule has 0 bridgehead atoms. The largest absolute Gasteiger partial charge is 0.496 e. The van der Waals surface area contributed by atoms with Gasteiger partial charge < -0.3 is 15.2 Å². The summed E-state index contributed by atoms with van der Waals surface area (Å²) in [5, 5.41) is 0. The molecule has 2 N–H and O–H groups in total. The zero-order chi connectivity index (χ0) is 14.3. The van der Waals surface area contributed by atoms with Crippen molar-refractivity contribution in [1.29, 1.82) is 0 Å². The lowest BCUT2D eigenvalue weighted by molar-refractivity contribution is -0.138. The molecule has 1 aromatic carbocycles. The van der Waals surface area contributed by atoms with Gasteiger partial charge in [0.1, 0.15) is 5.75 Å². The Bertz CT molecular complexity index is 394. The van der Waals surface area contributed by atoms with E-state index in [4.69, 9.17) is 15.2 Å². The Kier molecular flexibility index (Phi) is 6.11. The van der Waals surface area contributed by atoms with Gasteiger partial charge in [-0.1, -0.05) is 12.1 Å². The third kappa shape index (κ3) is 5.94. The predicted molar refractivity (Wildman–Crippen MR) is 65.8 cm³/mol. The van der Waals surface area contributed by atoms with Crippen LogP contribution in [0.2, 0.25) is 0 Å². The summed E-state index contributed by atoms with van der Waals surface area (Å²) in [4.78, 5) is 0. The lowest BCUT2D eigenvalue weighted by Gasteiger charge is -2.10. The first kappa shape index (κ1) is 15.8. The molecule has 0 atom stereocenters. The number of nitrogens with two attached hydrogens (primary N) is 1. The Morgan fingerprint density at radius 1 is 1.26 bits per heavy atom. The van der Waals surface area contributed by atoms with Crippen LogP contribution in [0.1, 0.15) is 24.0 Å². The molecule has 1 aromatic rings. The molecule has 0 heterocycles. The highest BCUT2D eigenvalue weighted by atomic mass is 19.4. The van der Waals surface area contributed by atoms with Crippen LogP contribution in [0.5, 0.6) is 5.75 Å². The van der Waals surface area contributed by atoms with Crippen LogP contribution in [0.15, 0.2) is 18.2 Å². The smallest absolute Gasteiger partial charge is 0.389 e. The second-order valence-electron chi connectivity index (χ2n) is 4.12. The summed E-state index contributed by atoms with van der Waals surface area (Å²) in [6.45, 7) is 0.718. The van der Waals surface area contributed by atoms with Crippen molar-refractivity contribution in [2.45, 2.75) is 32.2 Å². The molecule has 1 rings (SSSR count). The molecule has 0 saturated heterocycles. The first-order valence-corrected chi connectivity index (χ1v) is 5.96. The molecule has 0 fully saturated rings. The molecule has 0 aliphatic rings. The summed E-state index contributed by atoms with van der Waals surface area (Å²) in [7, 11) is 1.54. The van der Waals surface area contributed by atoms with E-state index < -0.39 is 12.6 Å². The van der Waals surface area contributed by atoms with Crippen molar-refractivity contribution in [2.24, 2.45) is 5.73 Å². The van der Waals surface area contributed by atoms with Gasteiger partial charge in [-0.2, -0.15) is 13.2 Å². The SMILES string of the molecule is COc1cc(COCCCC(F)(F)F)ccc1CN. The molecule has 0 unspecified atom stereocenters. The third-order valence-electron chi connectivity index (χ3n) is 2.59. The van der Waals surface area contributed by atoms with Crippen LogP contribution < -0.4 is 10.5 Å². The van der Waals surface area contributed by atoms with Crippen LogP contribution in [-0.4, -0.2) is 19.9 Å². The Morgan fingerprint density at radius 3 is 2.58 bits per heavy atom. The standard InChI is InChI=1S/C13H18F3NO2/c1-18-12-7-10(3-4-11(12)8-17)9-19-6-2-5-13(14,15)16/h3-4,7H,2,5-6,8-9,17H2,1H3. The van der Waals surface area contributed by atoms with Crippen LogP contribution in [0.25, 0.3) is 0 Å². The maximum Gasteiger partial charge on any atom is 0.389 e. The zero-order valence-electron chi connectivity index (χ0n) is 10.8. The van der Waals surface area contributed by atoms with Crippen LogP contribution in [-0.2, 0) is 17.9 Å². The van der Waals surface area contributed by atoms with Crippen molar-refractivity contribution < 1.29 is 22.6 Å². The topological polar surface area (TPSA) is 44.5 Å². The van der Waals surface area contributed by atoms with E-state index in [9.17, 15) is 13.2 Å². The monoisotopic (exact) mass is 277 g/mol. The zero-order valence-corrected chi connectivity index (χ0v) is 10.8. The second kappa shape index (κ2) is 7.35. The summed E-state index contributed by atoms with van der Waals surface area (Å²) in [5.74, 6) is 0.666. The molecule has 108 valence electrons. The quantitative estimate of drug-likeness (QED) is 0.779. The fourth-order valence-corrected chi connectivity index (χ4v) is 1.61. The maximum absolute atomic E-state index is 11.9. The molecular weight excluding hydrogens is 259 g/mol. The van der Waals surface area contributed by atoms with Gasteiger partial charge >= 0.3 is 6.18 Å². The van der Waals surface area contributed by atoms with E-state index in [1.807, 2.05) is 12.1 Å². The lowest BCUT2D eigenvalue weighted by Crippen LogP contribution is -2.08. The summed E-state index contributed by atoms with van der Waals surface area (Å²) in [5.41, 5.74) is 7.27. The van der Waals surface area contributed by atoms with Gasteiger partial charge in [-0.05, 0) is 18.1 Å². The Hall–Kier alpha value is -1.27. The molecule has 6 heteroatoms. The molecule has 3 nitrogen and oxygen atoms in total. The Morgan fingerprint density at radius 2 is 2.00 bits per heavy atom. The van der Waals surface area contributed by atoms with Crippen molar-refractivity contribution in [2.75, 3.05) is 13.7 Å². The average Bonchev–Trinajstić information content (AvgIpc) is 2.36. The van der Waals surface area contributed by atoms with Crippen molar-refractivity contribution in [3.63, 3.8) is 0 Å². The number of ether oxygens (including phenoxy) is 2. The summed E-state index contributed by atoms with van der Waals surface area (Å²) in [6.07, 6.45) is -4.96. The number of rotatable bonds is 7. The van der Waals surface area contributed by atoms with Crippen LogP contribution >= 0.6 is 0 Å². The first-order chi connectivity index (χ1) is 8.96. The molecule has 19 heavy (non-hydrogen) atoms. The van der Waals surface area contributed by atoms with Gasteiger partial charge in [0.05, 0.1) is 13.7 Å². The minimum absolute atomic E-state index is 0.0263. The molecule has 0 saturated carbocycles. The fourth-order valence-electron chi connectivity index (χ4n) is 1.61. The molecular formula is C13H18F3NO2. The summed E-state index contributed by atoms with van der Waals surface area (Å²) in [6, 6.07) is 5.44. The average molecular weight is 277 g/mol. The van der Waals surface area contributed by atoms with Gasteiger partial charge in [-0.3, -0.25) is 0 Å². The summed E-state index contributed by atoms with van der Waals surface area (Å²) < 4.78 is 46.1. The molecule has 0 aromatic heterocycles. The van der Waals surface area contributed by atoms with E-state index in [0.29, 0.717) is 12.3 Å². The van der Waals surface area contributed by atoms with Gasteiger partial charge in [-0.25, -0.2) is 0 Å². The number of hydrogen-bond donors (Lipinski definition) is 1. The molecule has 0 spiro atoms. The van der Waals surface area contributed by atoms with Crippen LogP contribution in [0.4, 0.5) is 13.2 Å². The fraction of sp³-hybridized carbons (Fsp3) is 0.538. The van der Waals surface area contributed by atoms with Crippen LogP contribution in [0, 0.1) is 0 Å². The van der Waals surface area contributed by atoms with Crippen molar-refractivity contribution >= 4 is 0 Å². The van der Waals surface area contributed by atoms with Gasteiger partial charge in [0.15, 0.2) is 0 Å². The highest BCUT2D eigenvalue weighted by Gasteiger charge is 2.25. The Balaban J connectivity index is 2.37. The van der Waals surface area contributed by atoms with E-state index >= 15 is 0 Å².